The average molecular weight is 1850 g/mol. The maximum Gasteiger partial charge on any atom is 0.311 e. The predicted octanol–water partition coefficient (Wildman–Crippen LogP) is 16.9. The number of primary amides is 2. The fourth-order valence-corrected chi connectivity index (χ4v) is 18.8. The Kier molecular flexibility index (Phi) is 38.1. The van der Waals surface area contributed by atoms with Crippen molar-refractivity contribution in [2.75, 3.05) is 0 Å². The van der Waals surface area contributed by atoms with Gasteiger partial charge >= 0.3 is 59.7 Å². The van der Waals surface area contributed by atoms with Gasteiger partial charge in [0.05, 0.1) is 67.3 Å². The Hall–Kier alpha value is -10.6. The van der Waals surface area contributed by atoms with Crippen molar-refractivity contribution in [3.05, 3.63) is 161 Å². The van der Waals surface area contributed by atoms with Gasteiger partial charge in [-0.05, 0) is 261 Å². The number of cyclic esters (lactones) is 3. The second-order valence-corrected chi connectivity index (χ2v) is 39.7. The van der Waals surface area contributed by atoms with E-state index in [0.717, 1.165) is 51.4 Å². The number of benzene rings is 3. The summed E-state index contributed by atoms with van der Waals surface area (Å²) in [6.07, 6.45) is 26.0. The summed E-state index contributed by atoms with van der Waals surface area (Å²) in [5, 5.41) is 18.7. The average Bonchev–Trinajstić information content (AvgIpc) is 0.781. The molecule has 0 saturated carbocycles. The fraction of sp³-hybridized carbons (Fsp3) is 0.587. The molecule has 132 heavy (non-hydrogen) atoms. The number of carbonyl (C=O) groups excluding carboxylic acids is 12. The molecule has 8 N–H and O–H groups in total. The Morgan fingerprint density at radius 1 is 0.402 bits per heavy atom. The van der Waals surface area contributed by atoms with E-state index in [2.05, 4.69) is 96.2 Å². The topological polar surface area (TPSA) is 416 Å². The molecule has 0 radical (unpaired) electrons. The summed E-state index contributed by atoms with van der Waals surface area (Å²) in [4.78, 5) is 147. The lowest BCUT2D eigenvalue weighted by molar-refractivity contribution is -0.172. The molecular weight excluding hydrogens is 1710 g/mol. The molecule has 12 rings (SSSR count). The number of aliphatic hydroxyl groups excluding tert-OH is 1. The molecule has 0 spiro atoms. The van der Waals surface area contributed by atoms with E-state index in [0.29, 0.717) is 91.4 Å². The zero-order chi connectivity index (χ0) is 96.8. The van der Waals surface area contributed by atoms with Gasteiger partial charge in [-0.2, -0.15) is 0 Å². The number of phenols is 1. The zero-order valence-corrected chi connectivity index (χ0v) is 80.1. The summed E-state index contributed by atoms with van der Waals surface area (Å²) in [6.45, 7) is 30.6. The van der Waals surface area contributed by atoms with Crippen LogP contribution in [0.5, 0.6) is 17.2 Å². The van der Waals surface area contributed by atoms with E-state index < -0.39 is 94.4 Å². The molecule has 0 bridgehead atoms. The van der Waals surface area contributed by atoms with Gasteiger partial charge in [0.1, 0.15) is 71.1 Å². The summed E-state index contributed by atoms with van der Waals surface area (Å²) >= 11 is 4.92. The Balaban J connectivity index is 0.000000215. The minimum Gasteiger partial charge on any atom is -0.508 e. The maximum absolute atomic E-state index is 13.1. The minimum atomic E-state index is -0.643. The summed E-state index contributed by atoms with van der Waals surface area (Å²) in [6, 6.07) is 18.0. The number of carbonyl (C=O) groups is 12. The summed E-state index contributed by atoms with van der Waals surface area (Å²) in [5.41, 5.74) is 19.2. The lowest BCUT2D eigenvalue weighted by atomic mass is 9.65. The molecule has 6 aliphatic carbocycles. The van der Waals surface area contributed by atoms with Gasteiger partial charge in [0.15, 0.2) is 0 Å². The molecule has 720 valence electrons. The summed E-state index contributed by atoms with van der Waals surface area (Å²) < 4.78 is 57.1. The first-order chi connectivity index (χ1) is 62.3. The largest absolute Gasteiger partial charge is 0.508 e. The minimum absolute atomic E-state index is 0.0246. The normalized spacial score (nSPS) is 28.1. The van der Waals surface area contributed by atoms with Crippen molar-refractivity contribution in [3.63, 3.8) is 0 Å². The molecule has 3 aromatic rings. The number of fused-ring (bicyclic) bond motifs is 3. The van der Waals surface area contributed by atoms with Crippen LogP contribution in [0, 0.1) is 87.3 Å². The van der Waals surface area contributed by atoms with Crippen molar-refractivity contribution in [1.29, 1.82) is 0 Å². The molecule has 27 nitrogen and oxygen atoms in total. The number of hydrogen-bond donors (Lipinski definition) is 5. The molecule has 3 saturated heterocycles. The Morgan fingerprint density at radius 3 is 1.00 bits per heavy atom. The smallest absolute Gasteiger partial charge is 0.311 e. The highest BCUT2D eigenvalue weighted by Gasteiger charge is 2.48. The number of amides is 2. The van der Waals surface area contributed by atoms with Crippen LogP contribution in [-0.2, 0) is 85.8 Å². The van der Waals surface area contributed by atoms with Crippen LogP contribution < -0.4 is 26.7 Å². The molecule has 21 atom stereocenters. The van der Waals surface area contributed by atoms with Gasteiger partial charge in [-0.25, -0.2) is 0 Å². The molecule has 0 unspecified atom stereocenters. The molecule has 3 aliphatic heterocycles. The molecule has 3 heterocycles. The Morgan fingerprint density at radius 2 is 0.697 bits per heavy atom. The molecule has 0 aromatic heterocycles. The third-order valence-electron chi connectivity index (χ3n) is 27.6. The molecule has 9 aliphatic rings. The van der Waals surface area contributed by atoms with E-state index >= 15 is 0 Å². The number of thiocarbonyl (C=S) groups is 1. The monoisotopic (exact) mass is 1850 g/mol. The third-order valence-corrected chi connectivity index (χ3v) is 27.8. The predicted molar refractivity (Wildman–Crippen MR) is 498 cm³/mol. The molecule has 3 aromatic carbocycles. The number of aliphatic hydroxyl groups is 1. The van der Waals surface area contributed by atoms with E-state index in [-0.39, 0.29) is 157 Å². The number of nitrogens with two attached hydrogens (primary N) is 3. The van der Waals surface area contributed by atoms with Crippen LogP contribution in [0.25, 0.3) is 0 Å². The second kappa shape index (κ2) is 47.8. The lowest BCUT2D eigenvalue weighted by Crippen LogP contribution is -2.43. The van der Waals surface area contributed by atoms with Crippen molar-refractivity contribution in [2.24, 2.45) is 104 Å². The first-order valence-electron chi connectivity index (χ1n) is 47.1. The highest BCUT2D eigenvalue weighted by atomic mass is 32.1. The van der Waals surface area contributed by atoms with Crippen LogP contribution in [0.15, 0.2) is 144 Å². The number of allylic oxidation sites excluding steroid dienone is 9. The molecule has 28 heteroatoms. The number of phenolic OH excluding ortho intramolecular Hbond substituents is 1. The van der Waals surface area contributed by atoms with Crippen molar-refractivity contribution >= 4 is 88.7 Å². The molecule has 3 fully saturated rings. The maximum atomic E-state index is 13.1. The van der Waals surface area contributed by atoms with Crippen LogP contribution in [0.1, 0.15) is 271 Å². The summed E-state index contributed by atoms with van der Waals surface area (Å²) in [5.74, 6) is -1.61. The van der Waals surface area contributed by atoms with Gasteiger partial charge in [-0.3, -0.25) is 57.5 Å². The number of ether oxygens (including phenoxy) is 10. The van der Waals surface area contributed by atoms with E-state index in [9.17, 15) is 62.6 Å². The molecule has 2 amide bonds. The van der Waals surface area contributed by atoms with E-state index in [1.807, 2.05) is 62.3 Å². The highest BCUT2D eigenvalue weighted by Crippen LogP contribution is 2.50. The lowest BCUT2D eigenvalue weighted by Gasteiger charge is -2.44. The number of esters is 10. The van der Waals surface area contributed by atoms with Gasteiger partial charge in [0.2, 0.25) is 11.8 Å². The van der Waals surface area contributed by atoms with Crippen LogP contribution in [0.2, 0.25) is 0 Å². The summed E-state index contributed by atoms with van der Waals surface area (Å²) in [7, 11) is 0. The first kappa shape index (κ1) is 105. The van der Waals surface area contributed by atoms with Gasteiger partial charge in [-0.1, -0.05) is 129 Å². The van der Waals surface area contributed by atoms with Gasteiger partial charge in [0.25, 0.3) is 0 Å². The van der Waals surface area contributed by atoms with Crippen LogP contribution in [0.4, 0.5) is 0 Å². The SMILES string of the molecule is CCC(C)(C)C(=O)O[C@H]1C[C@@H](C)C=C2C=C[C@H](C)[C@H](CC[C@H]3C[C@H](O)CC(=O)O3)[C@H]21.CCC(C)(C)C(=O)O[C@H]1C[C@@H](C)C=C2C=C[C@H](C)[C@H](CC[C@H]3C[C@H](OC(=O)CCC(=O)Oc4ccc(C(N)=O)cc4)CC(=O)O3)[C@H]21.CCC(C)(C)C(=O)O[C@H]1C[C@@H](C)C=C2C=C[C@H](C)[C@H](CC[C@H]3C[C@H](OC(=O)CCC(=O)Oc4ccc(C(N)=S)cc4)CC(=O)O3)[C@H]21.NC(=O)c1ccc(O)cc1. The first-order valence-corrected chi connectivity index (χ1v) is 47.5. The second-order valence-electron chi connectivity index (χ2n) is 39.3. The Bertz CT molecular complexity index is 4560. The van der Waals surface area contributed by atoms with Crippen LogP contribution in [0.3, 0.4) is 0 Å². The van der Waals surface area contributed by atoms with Crippen molar-refractivity contribution in [1.82, 2.24) is 0 Å². The van der Waals surface area contributed by atoms with Crippen molar-refractivity contribution in [3.8, 4) is 17.2 Å². The third kappa shape index (κ3) is 30.5. The number of aromatic hydroxyl groups is 1. The molecular formula is C104H139N3O24S. The quantitative estimate of drug-likeness (QED) is 0.0173. The highest BCUT2D eigenvalue weighted by molar-refractivity contribution is 7.80. The van der Waals surface area contributed by atoms with Crippen LogP contribution >= 0.6 is 12.2 Å². The standard InChI is InChI=1S/C36H47NO9.C36H47NO8S.C25H38O5.C7H7NO2/c1-6-36(4,5)35(42)46-29-18-21(2)17-24-8-7-22(3)28(33(24)29)14-13-26-19-27(20-32(40)44-26)45-31(39)16-15-30(38)43-25-11-9-23(10-12-25)34(37)41;1-6-36(4,5)35(41)45-29-18-21(2)17-24-8-7-22(3)28(33(24)29)14-13-26-19-27(20-32(40)43-26)44-31(39)16-15-30(38)42-25-11-9-23(10-12-25)34(37)46;1-6-25(4,5)24(28)30-21-12-15(2)11-17-8-7-16(3)20(23(17)21)10-9-19-13-18(26)14-22(27)29-19;8-7(10)5-1-3-6(9)4-2-5/h7-12,17,21-22,26-29,33H,6,13-16,18-20H2,1-5H3,(H2,37,41);7-12,17,21-22,26-29,33H,6,13-16,18-20H2,1-5H3,(H2,37,46);7-8,11,15-16,18-21,23,26H,6,9-10,12-14H2,1-5H3;1-4,9H,(H2,8,10)/t2*21-,22-,26-,27-,28-,29-,33-;15-,16-,18-,19-,20-,21-,23-;/m000./s1. The van der Waals surface area contributed by atoms with Crippen molar-refractivity contribution in [2.45, 2.75) is 300 Å². The number of rotatable bonds is 31. The number of hydrogen-bond acceptors (Lipinski definition) is 25. The fourth-order valence-electron chi connectivity index (χ4n) is 18.6. The Labute approximate surface area is 782 Å². The van der Waals surface area contributed by atoms with Gasteiger partial charge in [-0.15, -0.1) is 0 Å². The van der Waals surface area contributed by atoms with Crippen molar-refractivity contribution < 1.29 is 115 Å². The van der Waals surface area contributed by atoms with E-state index in [4.69, 9.17) is 81.9 Å². The van der Waals surface area contributed by atoms with E-state index in [1.165, 1.54) is 65.3 Å². The van der Waals surface area contributed by atoms with Gasteiger partial charge in [0, 0.05) is 53.7 Å². The zero-order valence-electron chi connectivity index (χ0n) is 79.3. The van der Waals surface area contributed by atoms with Gasteiger partial charge < -0.3 is 74.8 Å². The van der Waals surface area contributed by atoms with E-state index in [1.54, 1.807) is 24.3 Å². The van der Waals surface area contributed by atoms with Crippen LogP contribution in [-0.4, -0.2) is 142 Å².